The molecule has 0 aromatic carbocycles. The van der Waals surface area contributed by atoms with Gasteiger partial charge in [0.1, 0.15) is 18.3 Å². The molecule has 32 heteroatoms. The minimum absolute atomic E-state index is 0.608. The summed E-state index contributed by atoms with van der Waals surface area (Å²) in [7, 11) is -37.2. The van der Waals surface area contributed by atoms with Crippen molar-refractivity contribution < 1.29 is 103 Å². The molecule has 1 aliphatic rings. The van der Waals surface area contributed by atoms with Crippen molar-refractivity contribution in [3.05, 3.63) is 33.1 Å². The van der Waals surface area contributed by atoms with Crippen LogP contribution in [0.25, 0.3) is 0 Å². The summed E-state index contributed by atoms with van der Waals surface area (Å²) in [4.78, 5) is 88.2. The van der Waals surface area contributed by atoms with Gasteiger partial charge in [0.25, 0.3) is 5.56 Å². The van der Waals surface area contributed by atoms with E-state index in [4.69, 9.17) is 19.4 Å². The highest BCUT2D eigenvalue weighted by Gasteiger charge is 2.50. The number of phosphoric acid groups is 6. The fraction of sp³-hybridized carbons (Fsp3) is 0.556. The van der Waals surface area contributed by atoms with Crippen LogP contribution in [0.2, 0.25) is 0 Å². The average Bonchev–Trinajstić information content (AvgIpc) is 2.95. The van der Waals surface area contributed by atoms with Crippen LogP contribution in [0.15, 0.2) is 21.9 Å². The van der Waals surface area contributed by atoms with Crippen LogP contribution in [0.4, 0.5) is 0 Å². The van der Waals surface area contributed by atoms with Gasteiger partial charge in [-0.25, -0.2) is 32.2 Å². The molecule has 0 saturated carbocycles. The Balaban J connectivity index is 2.03. The quantitative estimate of drug-likeness (QED) is 0.0914. The van der Waals surface area contributed by atoms with Crippen molar-refractivity contribution in [1.29, 1.82) is 0 Å². The monoisotopic (exact) mass is 724 g/mol. The lowest BCUT2D eigenvalue weighted by Gasteiger charge is -2.21. The highest BCUT2D eigenvalue weighted by atomic mass is 31.3. The summed E-state index contributed by atoms with van der Waals surface area (Å²) in [6, 6.07) is 0.839. The maximum absolute atomic E-state index is 12.0. The Bertz CT molecular complexity index is 1530. The first-order chi connectivity index (χ1) is 18.2. The van der Waals surface area contributed by atoms with Crippen LogP contribution < -0.4 is 11.2 Å². The van der Waals surface area contributed by atoms with E-state index < -0.39 is 89.3 Å². The van der Waals surface area contributed by atoms with Gasteiger partial charge in [-0.2, -0.15) is 21.6 Å². The molecule has 1 saturated heterocycles. The Hall–Kier alpha value is -0.580. The van der Waals surface area contributed by atoms with Crippen LogP contribution in [0, 0.1) is 0 Å². The number of rotatable bonds is 14. The molecule has 1 aromatic heterocycles. The topological polar surface area (TPSA) is 404 Å². The summed E-state index contributed by atoms with van der Waals surface area (Å²) in [5.41, 5.74) is -1.93. The average molecular weight is 724 g/mol. The second kappa shape index (κ2) is 12.8. The van der Waals surface area contributed by atoms with E-state index in [9.17, 15) is 66.8 Å². The standard InChI is InChI=1S/C9H18N2O24P6/c12-5-1-2-11(9(15)10-5)8-7(14)6(13)4(30-8)3-29-37(19,20)32-39(23,24)34-41(27,28)35-40(25,26)33-38(21,22)31-36(16,17)18/h1-2,4,6-8,13-14H,3H2,(H,19,20)(H,21,22)(H,23,24)(H,25,26)(H,27,28)(H,10,12,15)(H2,16,17,18)/t4-,6-,7-,8-/m1/s1. The van der Waals surface area contributed by atoms with Gasteiger partial charge < -0.3 is 49.2 Å². The molecule has 0 amide bonds. The highest BCUT2D eigenvalue weighted by molar-refractivity contribution is 7.72. The molecular weight excluding hydrogens is 706 g/mol. The first kappa shape index (κ1) is 36.6. The second-order valence-electron chi connectivity index (χ2n) is 7.10. The number of aromatic nitrogens is 2. The molecule has 0 spiro atoms. The Labute approximate surface area is 223 Å². The summed E-state index contributed by atoms with van der Waals surface area (Å²) in [5.74, 6) is 0. The van der Waals surface area contributed by atoms with Gasteiger partial charge in [-0.1, -0.05) is 0 Å². The van der Waals surface area contributed by atoms with Crippen molar-refractivity contribution in [2.45, 2.75) is 24.5 Å². The lowest BCUT2D eigenvalue weighted by molar-refractivity contribution is -0.0542. The number of aliphatic hydroxyl groups excluding tert-OH is 2. The van der Waals surface area contributed by atoms with E-state index in [2.05, 4.69) is 26.1 Å². The van der Waals surface area contributed by atoms with E-state index in [1.54, 1.807) is 0 Å². The summed E-state index contributed by atoms with van der Waals surface area (Å²) in [6.07, 6.45) is -6.47. The van der Waals surface area contributed by atoms with Gasteiger partial charge in [-0.3, -0.25) is 18.9 Å². The van der Waals surface area contributed by atoms with Crippen molar-refractivity contribution in [2.75, 3.05) is 6.61 Å². The number of H-pyrrole nitrogens is 1. The van der Waals surface area contributed by atoms with E-state index in [1.807, 2.05) is 4.98 Å². The van der Waals surface area contributed by atoms with E-state index in [-0.39, 0.29) is 0 Å². The fourth-order valence-corrected chi connectivity index (χ4v) is 9.95. The zero-order valence-electron chi connectivity index (χ0n) is 19.0. The van der Waals surface area contributed by atoms with Crippen LogP contribution in [0.3, 0.4) is 0 Å². The van der Waals surface area contributed by atoms with E-state index in [1.165, 1.54) is 0 Å². The van der Waals surface area contributed by atoms with Crippen molar-refractivity contribution in [2.24, 2.45) is 0 Å². The summed E-state index contributed by atoms with van der Waals surface area (Å²) in [6.45, 7) is -1.26. The Kier molecular flexibility index (Phi) is 11.4. The number of phosphoric ester groups is 1. The summed E-state index contributed by atoms with van der Waals surface area (Å²) >= 11 is 0. The fourth-order valence-electron chi connectivity index (χ4n) is 2.63. The third-order valence-electron chi connectivity index (χ3n) is 3.90. The molecule has 0 radical (unpaired) electrons. The van der Waals surface area contributed by atoms with Gasteiger partial charge in [0.2, 0.25) is 0 Å². The van der Waals surface area contributed by atoms with Gasteiger partial charge in [0.05, 0.1) is 6.61 Å². The van der Waals surface area contributed by atoms with Crippen LogP contribution >= 0.6 is 46.9 Å². The Morgan fingerprint density at radius 3 is 1.61 bits per heavy atom. The molecule has 5 unspecified atom stereocenters. The molecule has 1 fully saturated rings. The summed E-state index contributed by atoms with van der Waals surface area (Å²) in [5, 5.41) is 20.1. The molecule has 9 atom stereocenters. The second-order valence-corrected chi connectivity index (χ2v) is 16.3. The maximum Gasteiger partial charge on any atom is 0.490 e. The minimum atomic E-state index is -6.47. The molecule has 1 aromatic rings. The molecule has 0 aliphatic carbocycles. The molecule has 2 rings (SSSR count). The molecular formula is C9H18N2O24P6. The van der Waals surface area contributed by atoms with Crippen LogP contribution in [0.1, 0.15) is 6.23 Å². The zero-order chi connectivity index (χ0) is 31.8. The van der Waals surface area contributed by atoms with Gasteiger partial charge in [0.15, 0.2) is 6.23 Å². The van der Waals surface area contributed by atoms with Crippen molar-refractivity contribution in [1.82, 2.24) is 9.55 Å². The number of aliphatic hydroxyl groups is 2. The van der Waals surface area contributed by atoms with Crippen LogP contribution in [0.5, 0.6) is 0 Å². The molecule has 41 heavy (non-hydrogen) atoms. The molecule has 26 nitrogen and oxygen atoms in total. The van der Waals surface area contributed by atoms with Gasteiger partial charge in [-0.05, 0) is 0 Å². The van der Waals surface area contributed by atoms with E-state index >= 15 is 0 Å². The predicted octanol–water partition coefficient (Wildman–Crippen LogP) is -2.15. The van der Waals surface area contributed by atoms with Crippen LogP contribution in [-0.2, 0) is 58.2 Å². The van der Waals surface area contributed by atoms with Gasteiger partial charge in [-0.15, -0.1) is 0 Å². The zero-order valence-corrected chi connectivity index (χ0v) is 24.3. The number of ether oxygens (including phenoxy) is 1. The third-order valence-corrected chi connectivity index (χ3v) is 12.7. The molecule has 10 N–H and O–H groups in total. The van der Waals surface area contributed by atoms with Crippen molar-refractivity contribution in [3.63, 3.8) is 0 Å². The van der Waals surface area contributed by atoms with E-state index in [0.29, 0.717) is 4.57 Å². The van der Waals surface area contributed by atoms with Crippen molar-refractivity contribution in [3.8, 4) is 0 Å². The van der Waals surface area contributed by atoms with Gasteiger partial charge >= 0.3 is 52.6 Å². The molecule has 1 aliphatic heterocycles. The lowest BCUT2D eigenvalue weighted by atomic mass is 10.1. The number of hydrogen-bond acceptors (Lipinski definition) is 17. The first-order valence-electron chi connectivity index (χ1n) is 9.46. The van der Waals surface area contributed by atoms with E-state index in [0.717, 1.165) is 12.3 Å². The number of nitrogens with zero attached hydrogens (tertiary/aromatic N) is 1. The minimum Gasteiger partial charge on any atom is -0.387 e. The predicted molar refractivity (Wildman–Crippen MR) is 120 cm³/mol. The highest BCUT2D eigenvalue weighted by Crippen LogP contribution is 2.75. The Morgan fingerprint density at radius 2 is 1.17 bits per heavy atom. The number of nitrogens with one attached hydrogen (secondary N) is 1. The first-order valence-corrected chi connectivity index (χ1v) is 18.5. The normalized spacial score (nSPS) is 29.0. The molecule has 2 heterocycles. The van der Waals surface area contributed by atoms with Crippen molar-refractivity contribution >= 4 is 46.9 Å². The Morgan fingerprint density at radius 1 is 0.732 bits per heavy atom. The number of aromatic amines is 1. The molecule has 0 bridgehead atoms. The van der Waals surface area contributed by atoms with Crippen LogP contribution in [-0.4, -0.2) is 78.9 Å². The SMILES string of the molecule is O=c1ccn([C@@H]2O[C@H](COP(=O)(O)OP(=O)(O)OP(=O)(O)OP(=O)(O)OP(=O)(O)OP(=O)(O)O)[C@@H](O)[C@H]2O)c(=O)[nH]1. The number of hydrogen-bond donors (Lipinski definition) is 10. The summed E-state index contributed by atoms with van der Waals surface area (Å²) < 4.78 is 95.7. The molecule has 238 valence electrons. The maximum atomic E-state index is 12.0. The largest absolute Gasteiger partial charge is 0.490 e. The van der Waals surface area contributed by atoms with Gasteiger partial charge in [0, 0.05) is 12.3 Å². The lowest BCUT2D eigenvalue weighted by Crippen LogP contribution is -2.37. The smallest absolute Gasteiger partial charge is 0.387 e. The third kappa shape index (κ3) is 11.8.